The summed E-state index contributed by atoms with van der Waals surface area (Å²) < 4.78 is 12.8. The van der Waals surface area contributed by atoms with Gasteiger partial charge in [-0.15, -0.1) is 5.10 Å². The largest absolute Gasteiger partial charge is 0.376 e. The Morgan fingerprint density at radius 1 is 1.54 bits per heavy atom. The molecule has 2 rings (SSSR count). The molecule has 68 valence electrons. The van der Waals surface area contributed by atoms with Gasteiger partial charge in [0.05, 0.1) is 0 Å². The fourth-order valence-corrected chi connectivity index (χ4v) is 1.54. The lowest BCUT2D eigenvalue weighted by Crippen LogP contribution is -2.43. The van der Waals surface area contributed by atoms with Crippen LogP contribution in [0.1, 0.15) is 0 Å². The standard InChI is InChI=1S/C5H3FN4O2S/c6-1-2(11)8-5-10(3(1)12)9-4(7)13-5/h1H,(H2,7,9). The zero-order chi connectivity index (χ0) is 9.59. The van der Waals surface area contributed by atoms with Gasteiger partial charge < -0.3 is 5.73 Å². The highest BCUT2D eigenvalue weighted by Crippen LogP contribution is 2.23. The summed E-state index contributed by atoms with van der Waals surface area (Å²) in [6.07, 6.45) is -2.25. The number of hydrazone groups is 1. The van der Waals surface area contributed by atoms with E-state index in [0.717, 1.165) is 11.8 Å². The summed E-state index contributed by atoms with van der Waals surface area (Å²) in [7, 11) is 0. The van der Waals surface area contributed by atoms with Crippen LogP contribution in [-0.4, -0.2) is 33.3 Å². The summed E-state index contributed by atoms with van der Waals surface area (Å²) in [4.78, 5) is 25.1. The number of fused-ring (bicyclic) bond motifs is 1. The van der Waals surface area contributed by atoms with E-state index in [2.05, 4.69) is 10.1 Å². The molecule has 2 aliphatic heterocycles. The molecule has 2 heterocycles. The Kier molecular flexibility index (Phi) is 1.59. The fraction of sp³-hybridized carbons (Fsp3) is 0.200. The first-order valence-corrected chi connectivity index (χ1v) is 4.04. The number of nitrogens with zero attached hydrogens (tertiary/aromatic N) is 3. The number of alkyl halides is 1. The number of nitrogens with two attached hydrogens (primary N) is 1. The molecule has 0 aromatic carbocycles. The van der Waals surface area contributed by atoms with Crippen molar-refractivity contribution < 1.29 is 14.0 Å². The van der Waals surface area contributed by atoms with Gasteiger partial charge in [-0.3, -0.25) is 9.59 Å². The summed E-state index contributed by atoms with van der Waals surface area (Å²) in [5.41, 5.74) is 5.25. The van der Waals surface area contributed by atoms with Crippen molar-refractivity contribution in [2.75, 3.05) is 0 Å². The number of hydrogen-bond acceptors (Lipinski definition) is 5. The molecule has 0 bridgehead atoms. The molecule has 0 aliphatic carbocycles. The van der Waals surface area contributed by atoms with E-state index in [1.165, 1.54) is 0 Å². The van der Waals surface area contributed by atoms with Crippen molar-refractivity contribution in [2.45, 2.75) is 6.17 Å². The van der Waals surface area contributed by atoms with Crippen molar-refractivity contribution in [1.82, 2.24) is 5.01 Å². The Hall–Kier alpha value is -1.44. The second-order valence-corrected chi connectivity index (χ2v) is 3.27. The van der Waals surface area contributed by atoms with E-state index in [-0.39, 0.29) is 10.3 Å². The van der Waals surface area contributed by atoms with Gasteiger partial charge in [-0.1, -0.05) is 0 Å². The van der Waals surface area contributed by atoms with Gasteiger partial charge in [0.15, 0.2) is 5.17 Å². The molecule has 1 unspecified atom stereocenters. The maximum Gasteiger partial charge on any atom is 0.293 e. The van der Waals surface area contributed by atoms with Gasteiger partial charge in [-0.25, -0.2) is 4.39 Å². The summed E-state index contributed by atoms with van der Waals surface area (Å²) >= 11 is 0.854. The molecule has 13 heavy (non-hydrogen) atoms. The quantitative estimate of drug-likeness (QED) is 0.511. The predicted molar refractivity (Wildman–Crippen MR) is 43.4 cm³/mol. The minimum Gasteiger partial charge on any atom is -0.376 e. The van der Waals surface area contributed by atoms with Crippen molar-refractivity contribution in [3.63, 3.8) is 0 Å². The number of amidine groups is 2. The van der Waals surface area contributed by atoms with Gasteiger partial charge >= 0.3 is 0 Å². The molecule has 1 atom stereocenters. The van der Waals surface area contributed by atoms with Gasteiger partial charge in [-0.05, 0) is 11.8 Å². The molecule has 0 spiro atoms. The topological polar surface area (TPSA) is 88.1 Å². The van der Waals surface area contributed by atoms with Crippen LogP contribution in [-0.2, 0) is 9.59 Å². The number of amides is 2. The molecule has 0 radical (unpaired) electrons. The Morgan fingerprint density at radius 3 is 2.92 bits per heavy atom. The molecule has 2 amide bonds. The number of aliphatic imine (C=N–C) groups is 1. The minimum absolute atomic E-state index is 0.0152. The number of rotatable bonds is 0. The van der Waals surface area contributed by atoms with Crippen molar-refractivity contribution >= 4 is 33.9 Å². The van der Waals surface area contributed by atoms with Gasteiger partial charge in [0.1, 0.15) is 0 Å². The van der Waals surface area contributed by atoms with E-state index in [1.807, 2.05) is 0 Å². The molecule has 0 saturated carbocycles. The highest BCUT2D eigenvalue weighted by atomic mass is 32.2. The number of thioether (sulfide) groups is 1. The van der Waals surface area contributed by atoms with E-state index in [4.69, 9.17) is 5.73 Å². The minimum atomic E-state index is -2.25. The van der Waals surface area contributed by atoms with Crippen LogP contribution < -0.4 is 5.73 Å². The third-order valence-corrected chi connectivity index (χ3v) is 2.16. The third-order valence-electron chi connectivity index (χ3n) is 1.42. The Balaban J connectivity index is 2.43. The Labute approximate surface area is 75.7 Å². The lowest BCUT2D eigenvalue weighted by molar-refractivity contribution is -0.140. The monoisotopic (exact) mass is 202 g/mol. The lowest BCUT2D eigenvalue weighted by Gasteiger charge is -2.16. The third kappa shape index (κ3) is 1.10. The van der Waals surface area contributed by atoms with E-state index in [9.17, 15) is 14.0 Å². The molecule has 0 fully saturated rings. The summed E-state index contributed by atoms with van der Waals surface area (Å²) in [5, 5.41) is 4.27. The molecule has 2 N–H and O–H groups in total. The van der Waals surface area contributed by atoms with E-state index in [1.54, 1.807) is 0 Å². The van der Waals surface area contributed by atoms with Crippen LogP contribution in [0.5, 0.6) is 0 Å². The first-order valence-electron chi connectivity index (χ1n) is 3.22. The highest BCUT2D eigenvalue weighted by Gasteiger charge is 2.41. The van der Waals surface area contributed by atoms with Gasteiger partial charge in [0, 0.05) is 0 Å². The van der Waals surface area contributed by atoms with Crippen LogP contribution in [0.15, 0.2) is 10.1 Å². The van der Waals surface area contributed by atoms with Crippen LogP contribution in [0.4, 0.5) is 4.39 Å². The second kappa shape index (κ2) is 2.52. The zero-order valence-electron chi connectivity index (χ0n) is 6.10. The van der Waals surface area contributed by atoms with Crippen molar-refractivity contribution in [3.05, 3.63) is 0 Å². The molecule has 6 nitrogen and oxygen atoms in total. The van der Waals surface area contributed by atoms with Crippen molar-refractivity contribution in [2.24, 2.45) is 15.8 Å². The van der Waals surface area contributed by atoms with Gasteiger partial charge in [-0.2, -0.15) is 10.0 Å². The average Bonchev–Trinajstić information content (AvgIpc) is 2.42. The Morgan fingerprint density at radius 2 is 2.23 bits per heavy atom. The maximum absolute atomic E-state index is 12.8. The molecule has 0 aromatic rings. The first-order chi connectivity index (χ1) is 6.09. The second-order valence-electron chi connectivity index (χ2n) is 2.29. The fourth-order valence-electron chi connectivity index (χ4n) is 0.876. The summed E-state index contributed by atoms with van der Waals surface area (Å²) in [6.45, 7) is 0. The SMILES string of the molecule is NC1=NN2C(=O)C(F)C(=O)N=C2S1. The molecule has 2 aliphatic rings. The maximum atomic E-state index is 12.8. The van der Waals surface area contributed by atoms with Crippen molar-refractivity contribution in [3.8, 4) is 0 Å². The molecular formula is C5H3FN4O2S. The molecule has 0 saturated heterocycles. The molecule has 0 aromatic heterocycles. The number of carbonyl (C=O) groups is 2. The summed E-state index contributed by atoms with van der Waals surface area (Å²) in [6, 6.07) is 0. The van der Waals surface area contributed by atoms with E-state index in [0.29, 0.717) is 5.01 Å². The van der Waals surface area contributed by atoms with Crippen LogP contribution in [0.2, 0.25) is 0 Å². The van der Waals surface area contributed by atoms with Crippen LogP contribution in [0.3, 0.4) is 0 Å². The van der Waals surface area contributed by atoms with Crippen LogP contribution >= 0.6 is 11.8 Å². The predicted octanol–water partition coefficient (Wildman–Crippen LogP) is -0.974. The van der Waals surface area contributed by atoms with E-state index >= 15 is 0 Å². The highest BCUT2D eigenvalue weighted by molar-refractivity contribution is 8.26. The smallest absolute Gasteiger partial charge is 0.293 e. The first kappa shape index (κ1) is 8.17. The number of hydrogen-bond donors (Lipinski definition) is 1. The van der Waals surface area contributed by atoms with Crippen molar-refractivity contribution in [1.29, 1.82) is 0 Å². The zero-order valence-corrected chi connectivity index (χ0v) is 6.92. The summed E-state index contributed by atoms with van der Waals surface area (Å²) in [5.74, 6) is -2.14. The molecule has 8 heteroatoms. The number of carbonyl (C=O) groups excluding carboxylic acids is 2. The van der Waals surface area contributed by atoms with Gasteiger partial charge in [0.25, 0.3) is 18.0 Å². The van der Waals surface area contributed by atoms with E-state index < -0.39 is 18.0 Å². The average molecular weight is 202 g/mol. The van der Waals surface area contributed by atoms with Crippen LogP contribution in [0, 0.1) is 0 Å². The number of halogens is 1. The van der Waals surface area contributed by atoms with Crippen LogP contribution in [0.25, 0.3) is 0 Å². The Bertz CT molecular complexity index is 366. The normalized spacial score (nSPS) is 27.2. The lowest BCUT2D eigenvalue weighted by atomic mass is 10.3. The molecular weight excluding hydrogens is 199 g/mol. The van der Waals surface area contributed by atoms with Gasteiger partial charge in [0.2, 0.25) is 5.17 Å².